The highest BCUT2D eigenvalue weighted by atomic mass is 16.5. The molecule has 0 aliphatic heterocycles. The lowest BCUT2D eigenvalue weighted by atomic mass is 10.00. The van der Waals surface area contributed by atoms with Crippen LogP contribution < -0.4 is 10.5 Å². The van der Waals surface area contributed by atoms with Crippen LogP contribution in [0.15, 0.2) is 72.9 Å². The summed E-state index contributed by atoms with van der Waals surface area (Å²) in [5.41, 5.74) is 12.2. The van der Waals surface area contributed by atoms with Gasteiger partial charge in [0.05, 0.1) is 5.69 Å². The van der Waals surface area contributed by atoms with Crippen LogP contribution in [0.5, 0.6) is 11.5 Å². The number of nitrogens with zero attached hydrogens (tertiary/aromatic N) is 2. The van der Waals surface area contributed by atoms with Crippen molar-refractivity contribution in [1.82, 2.24) is 9.97 Å². The normalized spacial score (nSPS) is 10.7. The molecule has 0 spiro atoms. The number of ether oxygens (including phenoxy) is 1. The second kappa shape index (κ2) is 8.25. The van der Waals surface area contributed by atoms with Crippen molar-refractivity contribution in [2.24, 2.45) is 0 Å². The highest BCUT2D eigenvalue weighted by molar-refractivity contribution is 5.83. The SMILES string of the molecule is Cc1ccc(C)c(COc2ccc(-c3nc(N)ncc3-c3ccccc3)c(O)c2)c1. The Bertz CT molecular complexity index is 1190. The molecule has 3 aromatic carbocycles. The van der Waals surface area contributed by atoms with Crippen LogP contribution in [-0.2, 0) is 6.61 Å². The average Bonchev–Trinajstić information content (AvgIpc) is 2.75. The number of anilines is 1. The summed E-state index contributed by atoms with van der Waals surface area (Å²) < 4.78 is 5.92. The fourth-order valence-electron chi connectivity index (χ4n) is 3.35. The van der Waals surface area contributed by atoms with Gasteiger partial charge in [-0.3, -0.25) is 0 Å². The lowest BCUT2D eigenvalue weighted by Crippen LogP contribution is -2.00. The standard InChI is InChI=1S/C25H23N3O2/c1-16-8-9-17(2)19(12-16)15-30-20-10-11-21(23(29)13-20)24-22(14-27-25(26)28-24)18-6-4-3-5-7-18/h3-14,29H,15H2,1-2H3,(H2,26,27,28). The summed E-state index contributed by atoms with van der Waals surface area (Å²) in [7, 11) is 0. The van der Waals surface area contributed by atoms with Gasteiger partial charge in [-0.1, -0.05) is 54.1 Å². The van der Waals surface area contributed by atoms with Gasteiger partial charge < -0.3 is 15.6 Å². The number of hydrogen-bond donors (Lipinski definition) is 2. The maximum absolute atomic E-state index is 10.7. The summed E-state index contributed by atoms with van der Waals surface area (Å²) in [5, 5.41) is 10.7. The van der Waals surface area contributed by atoms with Crippen LogP contribution in [0.3, 0.4) is 0 Å². The summed E-state index contributed by atoms with van der Waals surface area (Å²) in [6, 6.07) is 21.3. The minimum atomic E-state index is 0.0729. The predicted molar refractivity (Wildman–Crippen MR) is 119 cm³/mol. The Morgan fingerprint density at radius 2 is 1.73 bits per heavy atom. The molecule has 0 saturated heterocycles. The molecule has 4 aromatic rings. The molecule has 1 heterocycles. The largest absolute Gasteiger partial charge is 0.507 e. The second-order valence-corrected chi connectivity index (χ2v) is 7.25. The Kier molecular flexibility index (Phi) is 5.35. The van der Waals surface area contributed by atoms with Crippen molar-refractivity contribution in [1.29, 1.82) is 0 Å². The first kappa shape index (κ1) is 19.5. The van der Waals surface area contributed by atoms with E-state index in [0.717, 1.165) is 16.7 Å². The van der Waals surface area contributed by atoms with Crippen LogP contribution in [0.25, 0.3) is 22.4 Å². The van der Waals surface area contributed by atoms with Crippen LogP contribution in [0.1, 0.15) is 16.7 Å². The molecule has 0 bridgehead atoms. The van der Waals surface area contributed by atoms with E-state index in [9.17, 15) is 5.11 Å². The third kappa shape index (κ3) is 4.10. The third-order valence-electron chi connectivity index (χ3n) is 5.02. The van der Waals surface area contributed by atoms with E-state index in [0.29, 0.717) is 23.6 Å². The molecule has 30 heavy (non-hydrogen) atoms. The number of phenolic OH excluding ortho intramolecular Hbond substituents is 1. The van der Waals surface area contributed by atoms with Crippen molar-refractivity contribution in [2.75, 3.05) is 5.73 Å². The summed E-state index contributed by atoms with van der Waals surface area (Å²) >= 11 is 0. The van der Waals surface area contributed by atoms with Crippen LogP contribution in [0.4, 0.5) is 5.95 Å². The average molecular weight is 397 g/mol. The summed E-state index contributed by atoms with van der Waals surface area (Å²) in [4.78, 5) is 8.52. The van der Waals surface area contributed by atoms with Crippen molar-refractivity contribution in [3.05, 3.63) is 89.6 Å². The molecule has 1 aromatic heterocycles. The third-order valence-corrected chi connectivity index (χ3v) is 5.02. The zero-order valence-corrected chi connectivity index (χ0v) is 17.0. The minimum absolute atomic E-state index is 0.0729. The van der Waals surface area contributed by atoms with E-state index in [2.05, 4.69) is 42.0 Å². The van der Waals surface area contributed by atoms with Gasteiger partial charge in [0, 0.05) is 23.4 Å². The molecular weight excluding hydrogens is 374 g/mol. The minimum Gasteiger partial charge on any atom is -0.507 e. The maximum Gasteiger partial charge on any atom is 0.220 e. The number of rotatable bonds is 5. The Hall–Kier alpha value is -3.86. The van der Waals surface area contributed by atoms with Crippen LogP contribution in [0, 0.1) is 13.8 Å². The first-order valence-corrected chi connectivity index (χ1v) is 9.71. The number of hydrogen-bond acceptors (Lipinski definition) is 5. The van der Waals surface area contributed by atoms with Crippen molar-refractivity contribution < 1.29 is 9.84 Å². The van der Waals surface area contributed by atoms with Crippen molar-refractivity contribution in [2.45, 2.75) is 20.5 Å². The second-order valence-electron chi connectivity index (χ2n) is 7.25. The fraction of sp³-hybridized carbons (Fsp3) is 0.120. The maximum atomic E-state index is 10.7. The summed E-state index contributed by atoms with van der Waals surface area (Å²) in [6.45, 7) is 4.55. The zero-order valence-electron chi connectivity index (χ0n) is 17.0. The lowest BCUT2D eigenvalue weighted by molar-refractivity contribution is 0.303. The molecule has 5 heteroatoms. The van der Waals surface area contributed by atoms with E-state index in [1.165, 1.54) is 11.1 Å². The number of phenols is 1. The van der Waals surface area contributed by atoms with Gasteiger partial charge in [-0.15, -0.1) is 0 Å². The number of aromatic hydroxyl groups is 1. The van der Waals surface area contributed by atoms with Gasteiger partial charge >= 0.3 is 0 Å². The lowest BCUT2D eigenvalue weighted by Gasteiger charge is -2.13. The Morgan fingerprint density at radius 1 is 0.933 bits per heavy atom. The molecule has 150 valence electrons. The number of nitrogens with two attached hydrogens (primary N) is 1. The van der Waals surface area contributed by atoms with Gasteiger partial charge in [-0.25, -0.2) is 9.97 Å². The molecule has 0 aliphatic carbocycles. The van der Waals surface area contributed by atoms with E-state index >= 15 is 0 Å². The molecule has 0 unspecified atom stereocenters. The summed E-state index contributed by atoms with van der Waals surface area (Å²) in [5.74, 6) is 0.809. The van der Waals surface area contributed by atoms with Crippen molar-refractivity contribution in [3.8, 4) is 33.9 Å². The fourth-order valence-corrected chi connectivity index (χ4v) is 3.35. The molecule has 0 radical (unpaired) electrons. The highest BCUT2D eigenvalue weighted by Crippen LogP contribution is 2.37. The van der Waals surface area contributed by atoms with Crippen LogP contribution in [0.2, 0.25) is 0 Å². The zero-order chi connectivity index (χ0) is 21.1. The van der Waals surface area contributed by atoms with E-state index < -0.39 is 0 Å². The van der Waals surface area contributed by atoms with Gasteiger partial charge in [0.2, 0.25) is 5.95 Å². The predicted octanol–water partition coefficient (Wildman–Crippen LogP) is 5.29. The van der Waals surface area contributed by atoms with Gasteiger partial charge in [-0.2, -0.15) is 0 Å². The first-order chi connectivity index (χ1) is 14.5. The number of nitrogen functional groups attached to an aromatic ring is 1. The smallest absolute Gasteiger partial charge is 0.220 e. The monoisotopic (exact) mass is 397 g/mol. The molecule has 0 amide bonds. The molecule has 0 atom stereocenters. The molecule has 0 fully saturated rings. The number of aryl methyl sites for hydroxylation is 2. The van der Waals surface area contributed by atoms with E-state index in [4.69, 9.17) is 10.5 Å². The molecule has 4 rings (SSSR count). The molecule has 0 aliphatic rings. The van der Waals surface area contributed by atoms with Gasteiger partial charge in [-0.05, 0) is 42.7 Å². The molecule has 5 nitrogen and oxygen atoms in total. The van der Waals surface area contributed by atoms with Crippen molar-refractivity contribution in [3.63, 3.8) is 0 Å². The van der Waals surface area contributed by atoms with E-state index in [-0.39, 0.29) is 11.7 Å². The molecule has 3 N–H and O–H groups in total. The van der Waals surface area contributed by atoms with Crippen LogP contribution >= 0.6 is 0 Å². The number of aromatic nitrogens is 2. The van der Waals surface area contributed by atoms with Crippen molar-refractivity contribution >= 4 is 5.95 Å². The molecule has 0 saturated carbocycles. The van der Waals surface area contributed by atoms with Gasteiger partial charge in [0.15, 0.2) is 0 Å². The number of benzene rings is 3. The topological polar surface area (TPSA) is 81.3 Å². The van der Waals surface area contributed by atoms with Crippen LogP contribution in [-0.4, -0.2) is 15.1 Å². The Balaban J connectivity index is 1.64. The van der Waals surface area contributed by atoms with Gasteiger partial charge in [0.25, 0.3) is 0 Å². The summed E-state index contributed by atoms with van der Waals surface area (Å²) in [6.07, 6.45) is 1.68. The Morgan fingerprint density at radius 3 is 2.50 bits per heavy atom. The first-order valence-electron chi connectivity index (χ1n) is 9.71. The quantitative estimate of drug-likeness (QED) is 0.478. The highest BCUT2D eigenvalue weighted by Gasteiger charge is 2.15. The van der Waals surface area contributed by atoms with Gasteiger partial charge in [0.1, 0.15) is 18.1 Å². The molecular formula is C25H23N3O2. The van der Waals surface area contributed by atoms with E-state index in [1.807, 2.05) is 36.4 Å². The van der Waals surface area contributed by atoms with E-state index in [1.54, 1.807) is 18.3 Å². The Labute approximate surface area is 175 Å².